The molecule has 0 bridgehead atoms. The molecule has 336 valence electrons. The Morgan fingerprint density at radius 1 is 0.730 bits per heavy atom. The Labute approximate surface area is 369 Å². The van der Waals surface area contributed by atoms with Gasteiger partial charge in [0, 0.05) is 35.5 Å². The number of anilines is 1. The molecule has 16 heteroatoms. The predicted octanol–water partition coefficient (Wildman–Crippen LogP) is 8.46. The largest absolute Gasteiger partial charge is 0.444 e. The summed E-state index contributed by atoms with van der Waals surface area (Å²) in [5, 5.41) is 8.00. The number of amides is 5. The van der Waals surface area contributed by atoms with Crippen LogP contribution in [0.25, 0.3) is 22.6 Å². The lowest BCUT2D eigenvalue weighted by molar-refractivity contribution is -0.121. The third-order valence-corrected chi connectivity index (χ3v) is 8.55. The number of alkyl carbamates (subject to hydrolysis) is 2. The maximum Gasteiger partial charge on any atom is 0.417 e. The molecule has 4 rings (SSSR count). The first kappa shape index (κ1) is 48.8. The third kappa shape index (κ3) is 16.9. The quantitative estimate of drug-likeness (QED) is 0.0571. The first-order chi connectivity index (χ1) is 29.4. The van der Waals surface area contributed by atoms with Crippen molar-refractivity contribution in [2.24, 2.45) is 10.7 Å². The van der Waals surface area contributed by atoms with E-state index in [9.17, 15) is 24.0 Å². The zero-order valence-corrected chi connectivity index (χ0v) is 37.8. The number of hydrogen-bond donors (Lipinski definition) is 4. The van der Waals surface area contributed by atoms with Crippen molar-refractivity contribution in [2.75, 3.05) is 11.9 Å². The average Bonchev–Trinajstić information content (AvgIpc) is 3.16. The lowest BCUT2D eigenvalue weighted by atomic mass is 10.0. The Kier molecular flexibility index (Phi) is 16.5. The number of primary amides is 1. The Morgan fingerprint density at radius 2 is 1.37 bits per heavy atom. The number of aliphatic imine (C=N–C) groups is 1. The molecule has 0 aliphatic carbocycles. The van der Waals surface area contributed by atoms with Crippen LogP contribution in [-0.2, 0) is 36.6 Å². The minimum Gasteiger partial charge on any atom is -0.444 e. The monoisotopic (exact) mass is 864 g/mol. The molecule has 0 fully saturated rings. The van der Waals surface area contributed by atoms with E-state index < -0.39 is 47.0 Å². The van der Waals surface area contributed by atoms with Gasteiger partial charge in [-0.15, -0.1) is 0 Å². The molecule has 4 aromatic rings. The van der Waals surface area contributed by atoms with E-state index >= 15 is 0 Å². The van der Waals surface area contributed by atoms with Crippen LogP contribution >= 0.6 is 0 Å². The summed E-state index contributed by atoms with van der Waals surface area (Å²) in [6.45, 7) is 16.8. The Balaban J connectivity index is 1.74. The SMILES string of the molecule is CC(C(N)=O)N(C(=O)OC(C)(C)C)C(=Nc1cccc(-c2cc(CCCc3ccccc3)nc(-c3cccc(NC(=O)CCNC(=O)OC(C)(C)C)c3)n2)c1)NC(=O)OC(C)(C)C. The summed E-state index contributed by atoms with van der Waals surface area (Å²) < 4.78 is 16.3. The average molecular weight is 865 g/mol. The van der Waals surface area contributed by atoms with Gasteiger partial charge in [0.25, 0.3) is 0 Å². The molecule has 63 heavy (non-hydrogen) atoms. The molecule has 1 heterocycles. The number of guanidine groups is 1. The van der Waals surface area contributed by atoms with Crippen LogP contribution in [0.3, 0.4) is 0 Å². The molecule has 1 aromatic heterocycles. The number of nitrogens with two attached hydrogens (primary N) is 1. The van der Waals surface area contributed by atoms with Crippen LogP contribution in [0.2, 0.25) is 0 Å². The normalized spacial score (nSPS) is 12.4. The zero-order chi connectivity index (χ0) is 46.5. The molecule has 1 unspecified atom stereocenters. The molecular formula is C47H60N8O8. The summed E-state index contributed by atoms with van der Waals surface area (Å²) in [5.74, 6) is -1.14. The standard InChI is InChI=1S/C47H60N8O8/c1-30(39(48)57)55(44(60)63-47(8,9)10)41(54-43(59)62-46(5,6)7)52-35-24-15-20-32(27-35)37-29-36(22-14-19-31-17-12-11-13-18-31)51-40(53-37)33-21-16-23-34(28-33)50-38(56)25-26-49-42(58)61-45(2,3)4/h11-13,15-18,20-21,23-24,27-30H,14,19,22,25-26H2,1-10H3,(H2,48,57)(H,49,58)(H,50,56)(H,52,54,59). The van der Waals surface area contributed by atoms with Gasteiger partial charge < -0.3 is 30.6 Å². The van der Waals surface area contributed by atoms with Crippen molar-refractivity contribution in [1.82, 2.24) is 25.5 Å². The number of aryl methyl sites for hydroxylation is 2. The van der Waals surface area contributed by atoms with Gasteiger partial charge in [-0.3, -0.25) is 14.9 Å². The van der Waals surface area contributed by atoms with Crippen molar-refractivity contribution >= 4 is 47.4 Å². The first-order valence-electron chi connectivity index (χ1n) is 20.7. The third-order valence-electron chi connectivity index (χ3n) is 8.55. The number of ether oxygens (including phenoxy) is 3. The molecule has 3 aromatic carbocycles. The van der Waals surface area contributed by atoms with Crippen molar-refractivity contribution in [3.05, 3.63) is 96.2 Å². The van der Waals surface area contributed by atoms with Crippen molar-refractivity contribution in [3.63, 3.8) is 0 Å². The second-order valence-electron chi connectivity index (χ2n) is 17.8. The fourth-order valence-electron chi connectivity index (χ4n) is 5.83. The van der Waals surface area contributed by atoms with Crippen LogP contribution in [-0.4, -0.2) is 80.3 Å². The van der Waals surface area contributed by atoms with Gasteiger partial charge in [0.1, 0.15) is 22.8 Å². The highest BCUT2D eigenvalue weighted by atomic mass is 16.6. The topological polar surface area (TPSA) is 217 Å². The van der Waals surface area contributed by atoms with Gasteiger partial charge in [-0.05, 0) is 124 Å². The molecule has 5 N–H and O–H groups in total. The Morgan fingerprint density at radius 3 is 2.02 bits per heavy atom. The molecule has 0 saturated heterocycles. The van der Waals surface area contributed by atoms with Crippen LogP contribution in [0.15, 0.2) is 89.9 Å². The van der Waals surface area contributed by atoms with Gasteiger partial charge in [0.15, 0.2) is 5.82 Å². The number of nitrogens with zero attached hydrogens (tertiary/aromatic N) is 4. The molecule has 1 atom stereocenters. The molecule has 0 aliphatic rings. The van der Waals surface area contributed by atoms with E-state index in [1.807, 2.05) is 36.4 Å². The summed E-state index contributed by atoms with van der Waals surface area (Å²) in [6, 6.07) is 24.8. The zero-order valence-electron chi connectivity index (χ0n) is 37.8. The fraction of sp³-hybridized carbons (Fsp3) is 0.404. The highest BCUT2D eigenvalue weighted by Crippen LogP contribution is 2.28. The number of rotatable bonds is 13. The molecule has 0 spiro atoms. The van der Waals surface area contributed by atoms with Gasteiger partial charge in [-0.25, -0.2) is 34.2 Å². The van der Waals surface area contributed by atoms with E-state index in [2.05, 4.69) is 33.1 Å². The summed E-state index contributed by atoms with van der Waals surface area (Å²) in [7, 11) is 0. The van der Waals surface area contributed by atoms with Crippen molar-refractivity contribution in [3.8, 4) is 22.6 Å². The van der Waals surface area contributed by atoms with Crippen LogP contribution in [0.1, 0.15) is 93.3 Å². The number of benzene rings is 3. The molecule has 0 radical (unpaired) electrons. The van der Waals surface area contributed by atoms with Crippen LogP contribution in [0.4, 0.5) is 25.8 Å². The van der Waals surface area contributed by atoms with Gasteiger partial charge in [0.2, 0.25) is 17.8 Å². The van der Waals surface area contributed by atoms with E-state index in [1.54, 1.807) is 98.7 Å². The van der Waals surface area contributed by atoms with Gasteiger partial charge in [-0.1, -0.05) is 54.6 Å². The van der Waals surface area contributed by atoms with Crippen molar-refractivity contribution in [1.29, 1.82) is 0 Å². The smallest absolute Gasteiger partial charge is 0.417 e. The minimum atomic E-state index is -1.30. The molecule has 16 nitrogen and oxygen atoms in total. The van der Waals surface area contributed by atoms with E-state index in [4.69, 9.17) is 29.9 Å². The number of carbonyl (C=O) groups is 5. The molecule has 5 amide bonds. The lowest BCUT2D eigenvalue weighted by Gasteiger charge is -2.31. The molecule has 0 aliphatic heterocycles. The van der Waals surface area contributed by atoms with Crippen LogP contribution in [0.5, 0.6) is 0 Å². The summed E-state index contributed by atoms with van der Waals surface area (Å²) in [5.41, 5.74) is 7.70. The van der Waals surface area contributed by atoms with Crippen molar-refractivity contribution < 1.29 is 38.2 Å². The second kappa shape index (κ2) is 21.3. The molecule has 0 saturated carbocycles. The van der Waals surface area contributed by atoms with Crippen LogP contribution in [0, 0.1) is 0 Å². The predicted molar refractivity (Wildman–Crippen MR) is 242 cm³/mol. The van der Waals surface area contributed by atoms with E-state index in [0.29, 0.717) is 34.8 Å². The van der Waals surface area contributed by atoms with E-state index in [0.717, 1.165) is 23.4 Å². The number of nitrogens with one attached hydrogen (secondary N) is 3. The summed E-state index contributed by atoms with van der Waals surface area (Å²) >= 11 is 0. The van der Waals surface area contributed by atoms with Gasteiger partial charge in [-0.2, -0.15) is 0 Å². The Bertz CT molecular complexity index is 2280. The van der Waals surface area contributed by atoms with Crippen LogP contribution < -0.4 is 21.7 Å². The van der Waals surface area contributed by atoms with E-state index in [1.165, 1.54) is 12.5 Å². The highest BCUT2D eigenvalue weighted by molar-refractivity contribution is 6.05. The minimum absolute atomic E-state index is 0.0197. The van der Waals surface area contributed by atoms with Gasteiger partial charge in [0.05, 0.1) is 11.4 Å². The number of aromatic nitrogens is 2. The highest BCUT2D eigenvalue weighted by Gasteiger charge is 2.35. The lowest BCUT2D eigenvalue weighted by Crippen LogP contribution is -2.56. The first-order valence-corrected chi connectivity index (χ1v) is 20.7. The number of hydrogen-bond acceptors (Lipinski definition) is 11. The maximum atomic E-state index is 13.6. The second-order valence-corrected chi connectivity index (χ2v) is 17.8. The maximum absolute atomic E-state index is 13.6. The Hall–Kier alpha value is -6.84. The summed E-state index contributed by atoms with van der Waals surface area (Å²) in [6.07, 6.45) is -0.243. The molecular weight excluding hydrogens is 805 g/mol. The summed E-state index contributed by atoms with van der Waals surface area (Å²) in [4.78, 5) is 79.7. The number of carbonyl (C=O) groups excluding carboxylic acids is 5. The fourth-order valence-corrected chi connectivity index (χ4v) is 5.83. The van der Waals surface area contributed by atoms with Crippen molar-refractivity contribution in [2.45, 2.75) is 118 Å². The van der Waals surface area contributed by atoms with Gasteiger partial charge >= 0.3 is 18.3 Å². The van der Waals surface area contributed by atoms with E-state index in [-0.39, 0.29) is 30.5 Å².